The lowest BCUT2D eigenvalue weighted by Gasteiger charge is -2.09. The predicted molar refractivity (Wildman–Crippen MR) is 106 cm³/mol. The minimum Gasteiger partial charge on any atom is -0.457 e. The number of carbonyl (C=O) groups is 1. The van der Waals surface area contributed by atoms with Gasteiger partial charge in [-0.1, -0.05) is 19.1 Å². The molecule has 144 valence electrons. The number of thioether (sulfide) groups is 1. The van der Waals surface area contributed by atoms with Crippen LogP contribution in [0.25, 0.3) is 11.0 Å². The van der Waals surface area contributed by atoms with E-state index < -0.39 is 16.5 Å². The number of hydrogen-bond acceptors (Lipinski definition) is 7. The number of nitrogens with zero attached hydrogens (tertiary/aromatic N) is 1. The summed E-state index contributed by atoms with van der Waals surface area (Å²) in [5, 5.41) is 11.8. The van der Waals surface area contributed by atoms with Gasteiger partial charge in [0.2, 0.25) is 0 Å². The molecule has 0 atom stereocenters. The van der Waals surface area contributed by atoms with Gasteiger partial charge in [-0.15, -0.1) is 11.8 Å². The highest BCUT2D eigenvalue weighted by Crippen LogP contribution is 2.28. The first-order valence-corrected chi connectivity index (χ1v) is 9.70. The van der Waals surface area contributed by atoms with Gasteiger partial charge in [-0.05, 0) is 36.4 Å². The van der Waals surface area contributed by atoms with Gasteiger partial charge in [-0.3, -0.25) is 10.1 Å². The zero-order valence-corrected chi connectivity index (χ0v) is 16.1. The minimum atomic E-state index is -0.706. The maximum Gasteiger partial charge on any atom is 0.338 e. The molecule has 0 unspecified atom stereocenters. The molecule has 3 rings (SSSR count). The molecule has 0 saturated carbocycles. The maximum absolute atomic E-state index is 12.4. The molecule has 7 nitrogen and oxygen atoms in total. The molecule has 0 saturated heterocycles. The molecule has 0 aliphatic carbocycles. The quantitative estimate of drug-likeness (QED) is 0.200. The zero-order chi connectivity index (χ0) is 20.3. The Balaban J connectivity index is 1.86. The summed E-state index contributed by atoms with van der Waals surface area (Å²) in [6.45, 7) is 1.84. The summed E-state index contributed by atoms with van der Waals surface area (Å²) >= 11 is 1.22. The highest BCUT2D eigenvalue weighted by Gasteiger charge is 2.18. The Morgan fingerprint density at radius 3 is 2.68 bits per heavy atom. The van der Waals surface area contributed by atoms with Crippen molar-refractivity contribution in [1.29, 1.82) is 0 Å². The standard InChI is InChI=1S/C20H17NO6S/c1-3-12-4-6-15-14(10-19(22)27-17(15)8-12)11-26-20(23)13-5-7-18(28-2)16(9-13)21(24)25/h4-10H,3,11H2,1-2H3. The van der Waals surface area contributed by atoms with Crippen molar-refractivity contribution < 1.29 is 18.9 Å². The SMILES string of the molecule is CCc1ccc2c(COC(=O)c3ccc(SC)c([N+](=O)[O-])c3)cc(=O)oc2c1. The molecule has 3 aromatic rings. The highest BCUT2D eigenvalue weighted by molar-refractivity contribution is 7.98. The van der Waals surface area contributed by atoms with E-state index in [1.165, 1.54) is 36.0 Å². The predicted octanol–water partition coefficient (Wildman–Crippen LogP) is 4.34. The summed E-state index contributed by atoms with van der Waals surface area (Å²) in [6, 6.07) is 11.0. The van der Waals surface area contributed by atoms with E-state index in [2.05, 4.69) is 0 Å². The van der Waals surface area contributed by atoms with Crippen LogP contribution in [0.4, 0.5) is 5.69 Å². The van der Waals surface area contributed by atoms with Crippen molar-refractivity contribution in [3.8, 4) is 0 Å². The van der Waals surface area contributed by atoms with Gasteiger partial charge < -0.3 is 9.15 Å². The largest absolute Gasteiger partial charge is 0.457 e. The lowest BCUT2D eigenvalue weighted by atomic mass is 10.1. The average molecular weight is 399 g/mol. The van der Waals surface area contributed by atoms with E-state index >= 15 is 0 Å². The molecule has 0 N–H and O–H groups in total. The number of ether oxygens (including phenoxy) is 1. The van der Waals surface area contributed by atoms with E-state index in [-0.39, 0.29) is 17.9 Å². The Bertz CT molecular complexity index is 1120. The van der Waals surface area contributed by atoms with Crippen LogP contribution in [-0.2, 0) is 17.8 Å². The Hall–Kier alpha value is -3.13. The Morgan fingerprint density at radius 1 is 1.21 bits per heavy atom. The van der Waals surface area contributed by atoms with Gasteiger partial charge >= 0.3 is 11.6 Å². The van der Waals surface area contributed by atoms with Crippen molar-refractivity contribution in [2.75, 3.05) is 6.26 Å². The van der Waals surface area contributed by atoms with Gasteiger partial charge in [0, 0.05) is 23.1 Å². The number of nitro groups is 1. The molecule has 0 bridgehead atoms. The number of carbonyl (C=O) groups excluding carboxylic acids is 1. The van der Waals surface area contributed by atoms with Gasteiger partial charge in [0.25, 0.3) is 5.69 Å². The van der Waals surface area contributed by atoms with Crippen molar-refractivity contribution in [2.24, 2.45) is 0 Å². The Morgan fingerprint density at radius 2 is 2.00 bits per heavy atom. The van der Waals surface area contributed by atoms with Crippen molar-refractivity contribution in [3.05, 3.63) is 79.7 Å². The monoisotopic (exact) mass is 399 g/mol. The van der Waals surface area contributed by atoms with Crippen molar-refractivity contribution in [2.45, 2.75) is 24.8 Å². The third-order valence-corrected chi connectivity index (χ3v) is 5.06. The molecule has 0 aliphatic rings. The lowest BCUT2D eigenvalue weighted by Crippen LogP contribution is -2.08. The van der Waals surface area contributed by atoms with Crippen LogP contribution >= 0.6 is 11.8 Å². The van der Waals surface area contributed by atoms with Gasteiger partial charge in [0.15, 0.2) is 0 Å². The lowest BCUT2D eigenvalue weighted by molar-refractivity contribution is -0.387. The average Bonchev–Trinajstić information content (AvgIpc) is 2.70. The third kappa shape index (κ3) is 4.07. The molecular formula is C20H17NO6S. The topological polar surface area (TPSA) is 99.6 Å². The fourth-order valence-corrected chi connectivity index (χ4v) is 3.35. The molecule has 8 heteroatoms. The molecule has 28 heavy (non-hydrogen) atoms. The number of benzene rings is 2. The maximum atomic E-state index is 12.4. The van der Waals surface area contributed by atoms with E-state index in [1.54, 1.807) is 12.3 Å². The van der Waals surface area contributed by atoms with Gasteiger partial charge in [0.05, 0.1) is 15.4 Å². The fourth-order valence-electron chi connectivity index (χ4n) is 2.80. The van der Waals surface area contributed by atoms with Crippen LogP contribution in [-0.4, -0.2) is 17.1 Å². The molecule has 1 heterocycles. The van der Waals surface area contributed by atoms with E-state index in [0.717, 1.165) is 12.0 Å². The van der Waals surface area contributed by atoms with E-state index in [9.17, 15) is 19.7 Å². The van der Waals surface area contributed by atoms with E-state index in [1.807, 2.05) is 19.1 Å². The first kappa shape index (κ1) is 19.6. The third-order valence-electron chi connectivity index (χ3n) is 4.27. The first-order valence-electron chi connectivity index (χ1n) is 8.48. The van der Waals surface area contributed by atoms with Crippen molar-refractivity contribution >= 4 is 34.4 Å². The van der Waals surface area contributed by atoms with E-state index in [4.69, 9.17) is 9.15 Å². The molecule has 0 aliphatic heterocycles. The second-order valence-electron chi connectivity index (χ2n) is 5.99. The Labute approximate surface area is 164 Å². The molecule has 1 aromatic heterocycles. The summed E-state index contributed by atoms with van der Waals surface area (Å²) in [5.41, 5.74) is 1.35. The van der Waals surface area contributed by atoms with Crippen LogP contribution in [0.1, 0.15) is 28.4 Å². The number of esters is 1. The molecule has 0 amide bonds. The van der Waals surface area contributed by atoms with Crippen molar-refractivity contribution in [1.82, 2.24) is 0 Å². The van der Waals surface area contributed by atoms with Gasteiger partial charge in [-0.25, -0.2) is 9.59 Å². The number of aryl methyl sites for hydroxylation is 1. The summed E-state index contributed by atoms with van der Waals surface area (Å²) in [7, 11) is 0. The van der Waals surface area contributed by atoms with Crippen LogP contribution < -0.4 is 5.63 Å². The zero-order valence-electron chi connectivity index (χ0n) is 15.3. The van der Waals surface area contributed by atoms with Crippen LogP contribution in [0, 0.1) is 10.1 Å². The molecule has 0 fully saturated rings. The Kier molecular flexibility index (Phi) is 5.79. The number of fused-ring (bicyclic) bond motifs is 1. The summed E-state index contributed by atoms with van der Waals surface area (Å²) in [5.74, 6) is -0.706. The summed E-state index contributed by atoms with van der Waals surface area (Å²) in [4.78, 5) is 35.3. The van der Waals surface area contributed by atoms with Crippen LogP contribution in [0.2, 0.25) is 0 Å². The smallest absolute Gasteiger partial charge is 0.338 e. The van der Waals surface area contributed by atoms with E-state index in [0.29, 0.717) is 21.4 Å². The second kappa shape index (κ2) is 8.26. The fraction of sp³-hybridized carbons (Fsp3) is 0.200. The molecule has 2 aromatic carbocycles. The number of rotatable bonds is 6. The van der Waals surface area contributed by atoms with Crippen molar-refractivity contribution in [3.63, 3.8) is 0 Å². The second-order valence-corrected chi connectivity index (χ2v) is 6.84. The summed E-state index contributed by atoms with van der Waals surface area (Å²) < 4.78 is 10.5. The van der Waals surface area contributed by atoms with Crippen LogP contribution in [0.5, 0.6) is 0 Å². The molecule has 0 spiro atoms. The number of nitro benzene ring substituents is 1. The number of hydrogen-bond donors (Lipinski definition) is 0. The normalized spacial score (nSPS) is 10.8. The first-order chi connectivity index (χ1) is 13.4. The van der Waals surface area contributed by atoms with Crippen LogP contribution in [0.15, 0.2) is 56.6 Å². The van der Waals surface area contributed by atoms with Gasteiger partial charge in [0.1, 0.15) is 12.2 Å². The minimum absolute atomic E-state index is 0.0741. The van der Waals surface area contributed by atoms with Gasteiger partial charge in [-0.2, -0.15) is 0 Å². The summed E-state index contributed by atoms with van der Waals surface area (Å²) in [6.07, 6.45) is 2.51. The molecule has 0 radical (unpaired) electrons. The van der Waals surface area contributed by atoms with Crippen LogP contribution in [0.3, 0.4) is 0 Å². The molecular weight excluding hydrogens is 382 g/mol. The highest BCUT2D eigenvalue weighted by atomic mass is 32.2.